The third kappa shape index (κ3) is 3.16. The van der Waals surface area contributed by atoms with Gasteiger partial charge in [-0.15, -0.1) is 0 Å². The van der Waals surface area contributed by atoms with Crippen molar-refractivity contribution in [3.05, 3.63) is 35.6 Å². The van der Waals surface area contributed by atoms with E-state index in [-0.39, 0.29) is 5.78 Å². The Labute approximate surface area is 86.9 Å². The maximum absolute atomic E-state index is 12.6. The van der Waals surface area contributed by atoms with E-state index in [0.29, 0.717) is 5.56 Å². The first kappa shape index (κ1) is 11.4. The first-order valence-corrected chi connectivity index (χ1v) is 4.47. The Morgan fingerprint density at radius 2 is 1.80 bits per heavy atom. The van der Waals surface area contributed by atoms with Crippen molar-refractivity contribution in [2.24, 2.45) is 0 Å². The number of esters is 1. The molecule has 1 aromatic rings. The zero-order valence-corrected chi connectivity index (χ0v) is 8.49. The van der Waals surface area contributed by atoms with Crippen LogP contribution in [0.25, 0.3) is 0 Å². The topological polar surface area (TPSA) is 43.4 Å². The van der Waals surface area contributed by atoms with Gasteiger partial charge in [-0.3, -0.25) is 9.59 Å². The van der Waals surface area contributed by atoms with E-state index in [4.69, 9.17) is 4.74 Å². The molecule has 0 bridgehead atoms. The fraction of sp³-hybridized carbons (Fsp3) is 0.273. The highest BCUT2D eigenvalue weighted by atomic mass is 19.1. The zero-order chi connectivity index (χ0) is 11.4. The van der Waals surface area contributed by atoms with Crippen LogP contribution in [0, 0.1) is 5.82 Å². The molecule has 0 radical (unpaired) electrons. The molecule has 0 heterocycles. The van der Waals surface area contributed by atoms with Crippen LogP contribution in [0.4, 0.5) is 4.39 Å². The molecule has 0 spiro atoms. The highest BCUT2D eigenvalue weighted by molar-refractivity contribution is 6.00. The summed E-state index contributed by atoms with van der Waals surface area (Å²) in [5.41, 5.74) is 0.324. The molecular weight excluding hydrogens is 199 g/mol. The van der Waals surface area contributed by atoms with Crippen LogP contribution in [0.2, 0.25) is 0 Å². The molecular formula is C11H11FO3. The lowest BCUT2D eigenvalue weighted by Crippen LogP contribution is -2.23. The molecule has 0 aliphatic heterocycles. The molecule has 0 amide bonds. The fourth-order valence-corrected chi connectivity index (χ4v) is 1.15. The largest absolute Gasteiger partial charge is 0.454 e. The van der Waals surface area contributed by atoms with Gasteiger partial charge in [0, 0.05) is 12.5 Å². The number of hydrogen-bond donors (Lipinski definition) is 0. The van der Waals surface area contributed by atoms with Gasteiger partial charge in [-0.05, 0) is 31.2 Å². The Hall–Kier alpha value is -1.71. The summed E-state index contributed by atoms with van der Waals surface area (Å²) < 4.78 is 17.3. The van der Waals surface area contributed by atoms with Crippen molar-refractivity contribution in [2.45, 2.75) is 20.0 Å². The molecule has 1 aromatic carbocycles. The lowest BCUT2D eigenvalue weighted by molar-refractivity contribution is -0.143. The number of ether oxygens (including phenoxy) is 1. The molecule has 0 aromatic heterocycles. The summed E-state index contributed by atoms with van der Waals surface area (Å²) in [7, 11) is 0. The van der Waals surface area contributed by atoms with Gasteiger partial charge >= 0.3 is 5.97 Å². The Morgan fingerprint density at radius 3 is 2.27 bits per heavy atom. The lowest BCUT2D eigenvalue weighted by atomic mass is 10.1. The van der Waals surface area contributed by atoms with Crippen LogP contribution in [0.3, 0.4) is 0 Å². The summed E-state index contributed by atoms with van der Waals surface area (Å²) in [6, 6.07) is 5.09. The Balaban J connectivity index is 2.76. The average Bonchev–Trinajstić information content (AvgIpc) is 2.17. The second-order valence-corrected chi connectivity index (χ2v) is 3.12. The van der Waals surface area contributed by atoms with Gasteiger partial charge in [0.25, 0.3) is 0 Å². The second kappa shape index (κ2) is 4.68. The first-order chi connectivity index (χ1) is 7.00. The van der Waals surface area contributed by atoms with E-state index in [1.54, 1.807) is 0 Å². The van der Waals surface area contributed by atoms with Crippen LogP contribution >= 0.6 is 0 Å². The van der Waals surface area contributed by atoms with Gasteiger partial charge < -0.3 is 4.74 Å². The monoisotopic (exact) mass is 210 g/mol. The minimum atomic E-state index is -0.840. The molecule has 0 N–H and O–H groups in total. The summed E-state index contributed by atoms with van der Waals surface area (Å²) in [6.45, 7) is 2.71. The van der Waals surface area contributed by atoms with Crippen LogP contribution in [0.1, 0.15) is 24.2 Å². The highest BCUT2D eigenvalue weighted by Gasteiger charge is 2.17. The molecule has 0 saturated carbocycles. The number of hydrogen-bond acceptors (Lipinski definition) is 3. The van der Waals surface area contributed by atoms with E-state index in [2.05, 4.69) is 0 Å². The molecule has 80 valence electrons. The predicted octanol–water partition coefficient (Wildman–Crippen LogP) is 1.96. The van der Waals surface area contributed by atoms with Crippen molar-refractivity contribution in [1.29, 1.82) is 0 Å². The van der Waals surface area contributed by atoms with Crippen molar-refractivity contribution in [3.8, 4) is 0 Å². The lowest BCUT2D eigenvalue weighted by Gasteiger charge is -2.10. The van der Waals surface area contributed by atoms with Crippen LogP contribution in [-0.4, -0.2) is 17.9 Å². The van der Waals surface area contributed by atoms with E-state index < -0.39 is 17.9 Å². The molecule has 0 fully saturated rings. The maximum atomic E-state index is 12.6. The van der Waals surface area contributed by atoms with Gasteiger partial charge in [0.15, 0.2) is 6.10 Å². The standard InChI is InChI=1S/C11H11FO3/c1-7(15-8(2)13)11(14)9-3-5-10(12)6-4-9/h3-7H,1-2H3/t7-/m1/s1. The number of Topliss-reactive ketones (excluding diaryl/α,β-unsaturated/α-hetero) is 1. The van der Waals surface area contributed by atoms with Crippen molar-refractivity contribution in [2.75, 3.05) is 0 Å². The smallest absolute Gasteiger partial charge is 0.303 e. The number of halogens is 1. The molecule has 1 atom stereocenters. The number of carbonyl (C=O) groups is 2. The van der Waals surface area contributed by atoms with E-state index in [1.807, 2.05) is 0 Å². The summed E-state index contributed by atoms with van der Waals surface area (Å²) in [4.78, 5) is 22.2. The van der Waals surface area contributed by atoms with Crippen LogP contribution in [-0.2, 0) is 9.53 Å². The van der Waals surface area contributed by atoms with Gasteiger partial charge in [-0.1, -0.05) is 0 Å². The van der Waals surface area contributed by atoms with Crippen LogP contribution in [0.15, 0.2) is 24.3 Å². The first-order valence-electron chi connectivity index (χ1n) is 4.47. The maximum Gasteiger partial charge on any atom is 0.303 e. The molecule has 4 heteroatoms. The van der Waals surface area contributed by atoms with Crippen molar-refractivity contribution >= 4 is 11.8 Å². The third-order valence-electron chi connectivity index (χ3n) is 1.84. The van der Waals surface area contributed by atoms with E-state index in [0.717, 1.165) is 0 Å². The molecule has 0 unspecified atom stereocenters. The minimum absolute atomic E-state index is 0.324. The summed E-state index contributed by atoms with van der Waals surface area (Å²) in [5.74, 6) is -1.27. The summed E-state index contributed by atoms with van der Waals surface area (Å²) in [5, 5.41) is 0. The van der Waals surface area contributed by atoms with Crippen LogP contribution < -0.4 is 0 Å². The number of benzene rings is 1. The normalized spacial score (nSPS) is 11.9. The van der Waals surface area contributed by atoms with Gasteiger partial charge in [0.1, 0.15) is 5.82 Å². The van der Waals surface area contributed by atoms with E-state index in [9.17, 15) is 14.0 Å². The minimum Gasteiger partial charge on any atom is -0.454 e. The quantitative estimate of drug-likeness (QED) is 0.565. The number of carbonyl (C=O) groups excluding carboxylic acids is 2. The Kier molecular flexibility index (Phi) is 3.55. The zero-order valence-electron chi connectivity index (χ0n) is 8.49. The van der Waals surface area contributed by atoms with Crippen LogP contribution in [0.5, 0.6) is 0 Å². The molecule has 1 rings (SSSR count). The van der Waals surface area contributed by atoms with E-state index in [1.165, 1.54) is 38.1 Å². The van der Waals surface area contributed by atoms with Gasteiger partial charge in [-0.2, -0.15) is 0 Å². The van der Waals surface area contributed by atoms with E-state index >= 15 is 0 Å². The summed E-state index contributed by atoms with van der Waals surface area (Å²) >= 11 is 0. The molecule has 15 heavy (non-hydrogen) atoms. The average molecular weight is 210 g/mol. The van der Waals surface area contributed by atoms with Gasteiger partial charge in [0.05, 0.1) is 0 Å². The molecule has 3 nitrogen and oxygen atoms in total. The Bertz CT molecular complexity index is 370. The van der Waals surface area contributed by atoms with Gasteiger partial charge in [0.2, 0.25) is 5.78 Å². The highest BCUT2D eigenvalue weighted by Crippen LogP contribution is 2.08. The Morgan fingerprint density at radius 1 is 1.27 bits per heavy atom. The molecule has 0 aliphatic carbocycles. The second-order valence-electron chi connectivity index (χ2n) is 3.12. The van der Waals surface area contributed by atoms with Crippen molar-refractivity contribution in [1.82, 2.24) is 0 Å². The van der Waals surface area contributed by atoms with Crippen molar-refractivity contribution < 1.29 is 18.7 Å². The van der Waals surface area contributed by atoms with Gasteiger partial charge in [-0.25, -0.2) is 4.39 Å². The summed E-state index contributed by atoms with van der Waals surface area (Å²) in [6.07, 6.45) is -0.840. The number of rotatable bonds is 3. The predicted molar refractivity (Wildman–Crippen MR) is 52.0 cm³/mol. The molecule has 0 saturated heterocycles. The van der Waals surface area contributed by atoms with Crippen molar-refractivity contribution in [3.63, 3.8) is 0 Å². The third-order valence-corrected chi connectivity index (χ3v) is 1.84. The fourth-order valence-electron chi connectivity index (χ4n) is 1.15. The molecule has 0 aliphatic rings. The SMILES string of the molecule is CC(=O)O[C@H](C)C(=O)c1ccc(F)cc1. The number of ketones is 1.